The summed E-state index contributed by atoms with van der Waals surface area (Å²) in [6, 6.07) is 0.509. The van der Waals surface area contributed by atoms with Crippen LogP contribution in [0.25, 0.3) is 0 Å². The Morgan fingerprint density at radius 1 is 1.11 bits per heavy atom. The average molecular weight is 390 g/mol. The van der Waals surface area contributed by atoms with E-state index >= 15 is 0 Å². The first-order valence-electron chi connectivity index (χ1n) is 10.4. The highest BCUT2D eigenvalue weighted by Gasteiger charge is 2.33. The van der Waals surface area contributed by atoms with E-state index in [1.807, 2.05) is 32.6 Å². The van der Waals surface area contributed by atoms with E-state index in [-0.39, 0.29) is 11.8 Å². The lowest BCUT2D eigenvalue weighted by Crippen LogP contribution is -2.44. The molecule has 0 saturated carbocycles. The van der Waals surface area contributed by atoms with E-state index in [1.54, 1.807) is 0 Å². The lowest BCUT2D eigenvalue weighted by Gasteiger charge is -2.37. The molecule has 1 aromatic rings. The molecule has 0 radical (unpaired) electrons. The number of piperidine rings is 1. The van der Waals surface area contributed by atoms with Gasteiger partial charge < -0.3 is 19.8 Å². The molecule has 0 aliphatic carbocycles. The molecule has 1 aromatic heterocycles. The molecule has 2 aliphatic rings. The number of nitrogens with zero attached hydrogens (tertiary/aromatic N) is 5. The van der Waals surface area contributed by atoms with Crippen molar-refractivity contribution in [3.05, 3.63) is 17.1 Å². The first kappa shape index (κ1) is 21.0. The zero-order chi connectivity index (χ0) is 20.6. The number of amides is 1. The number of anilines is 1. The molecule has 2 saturated heterocycles. The Hall–Kier alpha value is -1.73. The number of rotatable bonds is 4. The van der Waals surface area contributed by atoms with Crippen LogP contribution in [0.3, 0.4) is 0 Å². The van der Waals surface area contributed by atoms with E-state index in [1.165, 1.54) is 0 Å². The summed E-state index contributed by atoms with van der Waals surface area (Å²) in [5.74, 6) is 1.32. The van der Waals surface area contributed by atoms with Gasteiger partial charge in [0.15, 0.2) is 0 Å². The zero-order valence-corrected chi connectivity index (χ0v) is 18.2. The minimum atomic E-state index is -0.696. The van der Waals surface area contributed by atoms with Crippen LogP contribution in [0.4, 0.5) is 5.82 Å². The summed E-state index contributed by atoms with van der Waals surface area (Å²) < 4.78 is 0. The number of aromatic nitrogens is 2. The van der Waals surface area contributed by atoms with Crippen LogP contribution in [0.15, 0.2) is 0 Å². The van der Waals surface area contributed by atoms with E-state index in [2.05, 4.69) is 28.9 Å². The first-order valence-corrected chi connectivity index (χ1v) is 10.4. The molecule has 0 bridgehead atoms. The summed E-state index contributed by atoms with van der Waals surface area (Å²) in [4.78, 5) is 28.7. The van der Waals surface area contributed by atoms with Crippen molar-refractivity contribution >= 4 is 11.7 Å². The van der Waals surface area contributed by atoms with Crippen molar-refractivity contribution in [2.45, 2.75) is 58.6 Å². The summed E-state index contributed by atoms with van der Waals surface area (Å²) in [5, 5.41) is 10.2. The van der Waals surface area contributed by atoms with Crippen molar-refractivity contribution in [1.82, 2.24) is 19.8 Å². The Morgan fingerprint density at radius 2 is 1.75 bits per heavy atom. The second kappa shape index (κ2) is 7.95. The third-order valence-electron chi connectivity index (χ3n) is 6.53. The second-order valence-corrected chi connectivity index (χ2v) is 9.15. The molecule has 2 fully saturated rings. The molecule has 7 nitrogen and oxygen atoms in total. The van der Waals surface area contributed by atoms with Crippen LogP contribution >= 0.6 is 0 Å². The molecule has 1 N–H and O–H groups in total. The van der Waals surface area contributed by atoms with E-state index in [9.17, 15) is 9.90 Å². The Bertz CT molecular complexity index is 720. The third-order valence-corrected chi connectivity index (χ3v) is 6.53. The van der Waals surface area contributed by atoms with Crippen LogP contribution in [-0.2, 0) is 0 Å². The van der Waals surface area contributed by atoms with Gasteiger partial charge in [-0.2, -0.15) is 0 Å². The predicted molar refractivity (Wildman–Crippen MR) is 111 cm³/mol. The summed E-state index contributed by atoms with van der Waals surface area (Å²) in [7, 11) is 4.22. The number of aliphatic hydroxyl groups is 1. The topological polar surface area (TPSA) is 72.8 Å². The molecule has 156 valence electrons. The van der Waals surface area contributed by atoms with E-state index in [0.29, 0.717) is 25.0 Å². The highest BCUT2D eigenvalue weighted by molar-refractivity contribution is 5.91. The molecule has 3 rings (SSSR count). The number of carbonyl (C=O) groups is 1. The summed E-state index contributed by atoms with van der Waals surface area (Å²) in [6.45, 7) is 10.9. The standard InChI is InChI=1S/C21H35N5O2/c1-14-15(2)22-18(23-19(14)26-12-9-17(13-26)24(5)6)20(27)25-10-7-16(8-11-25)21(3,4)28/h16-17,28H,7-13H2,1-6H3/t17-/m1/s1. The SMILES string of the molecule is Cc1nc(C(=O)N2CCC(C(C)(C)O)CC2)nc(N2CC[C@@H](N(C)C)C2)c1C. The van der Waals surface area contributed by atoms with Crippen molar-refractivity contribution in [1.29, 1.82) is 0 Å². The molecule has 0 spiro atoms. The number of carbonyl (C=O) groups excluding carboxylic acids is 1. The van der Waals surface area contributed by atoms with Gasteiger partial charge in [-0.05, 0) is 67.0 Å². The van der Waals surface area contributed by atoms with E-state index in [0.717, 1.165) is 49.4 Å². The lowest BCUT2D eigenvalue weighted by molar-refractivity contribution is -0.0109. The van der Waals surface area contributed by atoms with Gasteiger partial charge >= 0.3 is 0 Å². The van der Waals surface area contributed by atoms with Crippen molar-refractivity contribution in [3.63, 3.8) is 0 Å². The third kappa shape index (κ3) is 4.30. The molecule has 0 unspecified atom stereocenters. The Labute approximate surface area is 168 Å². The number of hydrogen-bond donors (Lipinski definition) is 1. The predicted octanol–water partition coefficient (Wildman–Crippen LogP) is 1.86. The maximum absolute atomic E-state index is 13.1. The highest BCUT2D eigenvalue weighted by atomic mass is 16.3. The van der Waals surface area contributed by atoms with Gasteiger partial charge in [0, 0.05) is 43.5 Å². The van der Waals surface area contributed by atoms with Gasteiger partial charge in [0.05, 0.1) is 5.60 Å². The van der Waals surface area contributed by atoms with Gasteiger partial charge in [-0.15, -0.1) is 0 Å². The maximum atomic E-state index is 13.1. The summed E-state index contributed by atoms with van der Waals surface area (Å²) in [6.07, 6.45) is 2.72. The Morgan fingerprint density at radius 3 is 2.29 bits per heavy atom. The maximum Gasteiger partial charge on any atom is 0.291 e. The van der Waals surface area contributed by atoms with Crippen LogP contribution in [0.2, 0.25) is 0 Å². The number of likely N-dealkylation sites (tertiary alicyclic amines) is 1. The van der Waals surface area contributed by atoms with Gasteiger partial charge in [0.25, 0.3) is 5.91 Å². The van der Waals surface area contributed by atoms with Gasteiger partial charge in [-0.25, -0.2) is 9.97 Å². The lowest BCUT2D eigenvalue weighted by atomic mass is 9.83. The van der Waals surface area contributed by atoms with E-state index < -0.39 is 5.60 Å². The first-order chi connectivity index (χ1) is 13.1. The van der Waals surface area contributed by atoms with Gasteiger partial charge in [-0.1, -0.05) is 0 Å². The minimum absolute atomic E-state index is 0.0955. The van der Waals surface area contributed by atoms with Crippen LogP contribution in [-0.4, -0.2) is 82.7 Å². The average Bonchev–Trinajstić information content (AvgIpc) is 3.13. The molecule has 1 amide bonds. The normalized spacial score (nSPS) is 21.6. The van der Waals surface area contributed by atoms with Crippen molar-refractivity contribution in [2.24, 2.45) is 5.92 Å². The molecule has 1 atom stereocenters. The molecule has 3 heterocycles. The zero-order valence-electron chi connectivity index (χ0n) is 18.2. The van der Waals surface area contributed by atoms with Crippen LogP contribution in [0, 0.1) is 19.8 Å². The fourth-order valence-corrected chi connectivity index (χ4v) is 4.30. The Kier molecular flexibility index (Phi) is 5.96. The quantitative estimate of drug-likeness (QED) is 0.847. The van der Waals surface area contributed by atoms with Gasteiger partial charge in [-0.3, -0.25) is 4.79 Å². The number of hydrogen-bond acceptors (Lipinski definition) is 6. The molecule has 7 heteroatoms. The summed E-state index contributed by atoms with van der Waals surface area (Å²) in [5.41, 5.74) is 1.22. The molecule has 0 aromatic carbocycles. The fourth-order valence-electron chi connectivity index (χ4n) is 4.30. The van der Waals surface area contributed by atoms with Crippen LogP contribution in [0.5, 0.6) is 0 Å². The van der Waals surface area contributed by atoms with Gasteiger partial charge in [0.2, 0.25) is 5.82 Å². The molecule has 2 aliphatic heterocycles. The largest absolute Gasteiger partial charge is 0.390 e. The van der Waals surface area contributed by atoms with Gasteiger partial charge in [0.1, 0.15) is 5.82 Å². The van der Waals surface area contributed by atoms with Crippen molar-refractivity contribution in [3.8, 4) is 0 Å². The minimum Gasteiger partial charge on any atom is -0.390 e. The molecular weight excluding hydrogens is 354 g/mol. The van der Waals surface area contributed by atoms with E-state index in [4.69, 9.17) is 4.98 Å². The monoisotopic (exact) mass is 389 g/mol. The van der Waals surface area contributed by atoms with Crippen molar-refractivity contribution < 1.29 is 9.90 Å². The molecule has 28 heavy (non-hydrogen) atoms. The van der Waals surface area contributed by atoms with Crippen molar-refractivity contribution in [2.75, 3.05) is 45.2 Å². The number of likely N-dealkylation sites (N-methyl/N-ethyl adjacent to an activating group) is 1. The Balaban J connectivity index is 1.76. The smallest absolute Gasteiger partial charge is 0.291 e. The van der Waals surface area contributed by atoms with Crippen LogP contribution in [0.1, 0.15) is 55.0 Å². The molecular formula is C21H35N5O2. The second-order valence-electron chi connectivity index (χ2n) is 9.15. The fraction of sp³-hybridized carbons (Fsp3) is 0.762. The van der Waals surface area contributed by atoms with Crippen LogP contribution < -0.4 is 4.90 Å². The highest BCUT2D eigenvalue weighted by Crippen LogP contribution is 2.29. The number of aryl methyl sites for hydroxylation is 1. The summed E-state index contributed by atoms with van der Waals surface area (Å²) >= 11 is 0.